The van der Waals surface area contributed by atoms with Gasteiger partial charge in [0.1, 0.15) is 0 Å². The van der Waals surface area contributed by atoms with Crippen LogP contribution in [0.15, 0.2) is 24.3 Å². The number of hydrogen-bond acceptors (Lipinski definition) is 1. The van der Waals surface area contributed by atoms with Gasteiger partial charge in [0.25, 0.3) is 0 Å². The Morgan fingerprint density at radius 1 is 1.40 bits per heavy atom. The van der Waals surface area contributed by atoms with E-state index >= 15 is 0 Å². The number of unbranched alkanes of at least 4 members (excludes halogenated alkanes) is 1. The summed E-state index contributed by atoms with van der Waals surface area (Å²) in [7, 11) is 0. The molecule has 1 atom stereocenters. The smallest absolute Gasteiger partial charge is 0.0438 e. The summed E-state index contributed by atoms with van der Waals surface area (Å²) in [5.74, 6) is 2.62. The first-order valence-electron chi connectivity index (χ1n) is 5.16. The van der Waals surface area contributed by atoms with E-state index in [1.165, 1.54) is 0 Å². The van der Waals surface area contributed by atoms with Gasteiger partial charge in [-0.15, -0.1) is 12.3 Å². The topological polar surface area (TPSA) is 26.0 Å². The minimum atomic E-state index is 0.151. The Kier molecular flexibility index (Phi) is 5.25. The van der Waals surface area contributed by atoms with Crippen molar-refractivity contribution in [2.45, 2.75) is 31.7 Å². The third kappa shape index (κ3) is 4.38. The van der Waals surface area contributed by atoms with Gasteiger partial charge >= 0.3 is 0 Å². The standard InChI is InChI=1S/C13H16ClN/c1-2-3-4-8-12(15)10-11-7-5-6-9-13(11)14/h1,5-7,9,12H,3-4,8,10,15H2. The van der Waals surface area contributed by atoms with E-state index < -0.39 is 0 Å². The van der Waals surface area contributed by atoms with Crippen molar-refractivity contribution in [3.8, 4) is 12.3 Å². The van der Waals surface area contributed by atoms with Crippen LogP contribution in [0.2, 0.25) is 5.02 Å². The number of nitrogens with two attached hydrogens (primary N) is 1. The quantitative estimate of drug-likeness (QED) is 0.601. The summed E-state index contributed by atoms with van der Waals surface area (Å²) < 4.78 is 0. The lowest BCUT2D eigenvalue weighted by Gasteiger charge is -2.11. The molecule has 15 heavy (non-hydrogen) atoms. The zero-order chi connectivity index (χ0) is 11.1. The molecule has 2 N–H and O–H groups in total. The Balaban J connectivity index is 2.41. The van der Waals surface area contributed by atoms with Gasteiger partial charge in [0.2, 0.25) is 0 Å². The molecular weight excluding hydrogens is 206 g/mol. The first-order valence-corrected chi connectivity index (χ1v) is 5.54. The average molecular weight is 222 g/mol. The van der Waals surface area contributed by atoms with Crippen LogP contribution in [0.25, 0.3) is 0 Å². The molecule has 2 heteroatoms. The van der Waals surface area contributed by atoms with Crippen molar-refractivity contribution in [2.24, 2.45) is 5.73 Å². The molecular formula is C13H16ClN. The number of halogens is 1. The van der Waals surface area contributed by atoms with Crippen LogP contribution in [0.5, 0.6) is 0 Å². The SMILES string of the molecule is C#CCCCC(N)Cc1ccccc1Cl. The fourth-order valence-corrected chi connectivity index (χ4v) is 1.73. The molecule has 0 spiro atoms. The predicted octanol–water partition coefficient (Wildman–Crippen LogP) is 3.01. The molecule has 0 radical (unpaired) electrons. The van der Waals surface area contributed by atoms with E-state index in [4.69, 9.17) is 23.8 Å². The van der Waals surface area contributed by atoms with E-state index in [9.17, 15) is 0 Å². The minimum absolute atomic E-state index is 0.151. The fourth-order valence-electron chi connectivity index (χ4n) is 1.51. The van der Waals surface area contributed by atoms with Crippen molar-refractivity contribution < 1.29 is 0 Å². The summed E-state index contributed by atoms with van der Waals surface area (Å²) in [6.07, 6.45) is 8.75. The van der Waals surface area contributed by atoms with Gasteiger partial charge < -0.3 is 5.73 Å². The molecule has 1 unspecified atom stereocenters. The first kappa shape index (κ1) is 12.1. The van der Waals surface area contributed by atoms with Gasteiger partial charge in [0, 0.05) is 17.5 Å². The van der Waals surface area contributed by atoms with Crippen molar-refractivity contribution in [2.75, 3.05) is 0 Å². The number of rotatable bonds is 5. The Hall–Kier alpha value is -0.970. The average Bonchev–Trinajstić information content (AvgIpc) is 2.22. The maximum absolute atomic E-state index is 6.04. The first-order chi connectivity index (χ1) is 7.24. The lowest BCUT2D eigenvalue weighted by molar-refractivity contribution is 0.587. The largest absolute Gasteiger partial charge is 0.327 e. The normalized spacial score (nSPS) is 12.1. The highest BCUT2D eigenvalue weighted by Crippen LogP contribution is 2.17. The molecule has 1 nitrogen and oxygen atoms in total. The molecule has 0 saturated heterocycles. The Morgan fingerprint density at radius 2 is 2.13 bits per heavy atom. The highest BCUT2D eigenvalue weighted by atomic mass is 35.5. The van der Waals surface area contributed by atoms with Crippen LogP contribution in [-0.4, -0.2) is 6.04 Å². The lowest BCUT2D eigenvalue weighted by atomic mass is 10.0. The van der Waals surface area contributed by atoms with E-state index in [2.05, 4.69) is 5.92 Å². The molecule has 1 aromatic carbocycles. The van der Waals surface area contributed by atoms with Crippen LogP contribution < -0.4 is 5.73 Å². The van der Waals surface area contributed by atoms with Gasteiger partial charge in [-0.1, -0.05) is 29.8 Å². The van der Waals surface area contributed by atoms with Crippen LogP contribution in [-0.2, 0) is 6.42 Å². The van der Waals surface area contributed by atoms with E-state index in [-0.39, 0.29) is 6.04 Å². The van der Waals surface area contributed by atoms with Crippen LogP contribution >= 0.6 is 11.6 Å². The van der Waals surface area contributed by atoms with Crippen LogP contribution in [0, 0.1) is 12.3 Å². The van der Waals surface area contributed by atoms with Crippen LogP contribution in [0.3, 0.4) is 0 Å². The lowest BCUT2D eigenvalue weighted by Crippen LogP contribution is -2.22. The fraction of sp³-hybridized carbons (Fsp3) is 0.385. The van der Waals surface area contributed by atoms with Gasteiger partial charge in [-0.05, 0) is 30.9 Å². The molecule has 0 amide bonds. The van der Waals surface area contributed by atoms with Gasteiger partial charge in [0.05, 0.1) is 0 Å². The molecule has 80 valence electrons. The van der Waals surface area contributed by atoms with Crippen LogP contribution in [0.1, 0.15) is 24.8 Å². The molecule has 0 heterocycles. The zero-order valence-corrected chi connectivity index (χ0v) is 9.50. The second-order valence-electron chi connectivity index (χ2n) is 3.65. The molecule has 1 rings (SSSR count). The predicted molar refractivity (Wildman–Crippen MR) is 65.8 cm³/mol. The number of terminal acetylenes is 1. The molecule has 0 saturated carbocycles. The molecule has 0 aliphatic rings. The van der Waals surface area contributed by atoms with E-state index in [1.54, 1.807) is 0 Å². The Morgan fingerprint density at radius 3 is 2.80 bits per heavy atom. The van der Waals surface area contributed by atoms with Gasteiger partial charge in [-0.3, -0.25) is 0 Å². The zero-order valence-electron chi connectivity index (χ0n) is 8.75. The summed E-state index contributed by atoms with van der Waals surface area (Å²) in [5.41, 5.74) is 7.11. The highest BCUT2D eigenvalue weighted by molar-refractivity contribution is 6.31. The molecule has 0 aromatic heterocycles. The number of hydrogen-bond donors (Lipinski definition) is 1. The maximum Gasteiger partial charge on any atom is 0.0438 e. The summed E-state index contributed by atoms with van der Waals surface area (Å²) >= 11 is 6.04. The molecule has 0 fully saturated rings. The van der Waals surface area contributed by atoms with Gasteiger partial charge in [-0.25, -0.2) is 0 Å². The van der Waals surface area contributed by atoms with Crippen molar-refractivity contribution in [1.82, 2.24) is 0 Å². The third-order valence-corrected chi connectivity index (χ3v) is 2.70. The molecule has 0 aliphatic heterocycles. The Labute approximate surface area is 96.6 Å². The number of benzene rings is 1. The van der Waals surface area contributed by atoms with Crippen molar-refractivity contribution in [1.29, 1.82) is 0 Å². The van der Waals surface area contributed by atoms with Crippen molar-refractivity contribution in [3.63, 3.8) is 0 Å². The van der Waals surface area contributed by atoms with E-state index in [1.807, 2.05) is 24.3 Å². The Bertz CT molecular complexity index is 341. The van der Waals surface area contributed by atoms with E-state index in [0.717, 1.165) is 36.3 Å². The second-order valence-corrected chi connectivity index (χ2v) is 4.06. The summed E-state index contributed by atoms with van der Waals surface area (Å²) in [5, 5.41) is 0.796. The summed E-state index contributed by atoms with van der Waals surface area (Å²) in [6.45, 7) is 0. The minimum Gasteiger partial charge on any atom is -0.327 e. The maximum atomic E-state index is 6.04. The van der Waals surface area contributed by atoms with E-state index in [0.29, 0.717) is 0 Å². The second kappa shape index (κ2) is 6.50. The van der Waals surface area contributed by atoms with Crippen molar-refractivity contribution in [3.05, 3.63) is 34.9 Å². The third-order valence-electron chi connectivity index (χ3n) is 2.34. The van der Waals surface area contributed by atoms with Crippen molar-refractivity contribution >= 4 is 11.6 Å². The summed E-state index contributed by atoms with van der Waals surface area (Å²) in [4.78, 5) is 0. The van der Waals surface area contributed by atoms with Gasteiger partial charge in [0.15, 0.2) is 0 Å². The molecule has 1 aromatic rings. The molecule has 0 aliphatic carbocycles. The van der Waals surface area contributed by atoms with Gasteiger partial charge in [-0.2, -0.15) is 0 Å². The molecule has 0 bridgehead atoms. The highest BCUT2D eigenvalue weighted by Gasteiger charge is 2.06. The summed E-state index contributed by atoms with van der Waals surface area (Å²) in [6, 6.07) is 7.97. The monoisotopic (exact) mass is 221 g/mol. The van der Waals surface area contributed by atoms with Crippen LogP contribution in [0.4, 0.5) is 0 Å².